The normalized spacial score (nSPS) is 11.7. The van der Waals surface area contributed by atoms with Crippen molar-refractivity contribution < 1.29 is 14.3 Å². The van der Waals surface area contributed by atoms with Crippen molar-refractivity contribution in [1.82, 2.24) is 19.9 Å². The molecule has 2 heterocycles. The summed E-state index contributed by atoms with van der Waals surface area (Å²) in [7, 11) is 1.86. The minimum absolute atomic E-state index is 0.186. The summed E-state index contributed by atoms with van der Waals surface area (Å²) in [5.74, 6) is -0.379. The molecule has 0 saturated carbocycles. The van der Waals surface area contributed by atoms with Crippen molar-refractivity contribution in [3.05, 3.63) is 95.0 Å². The lowest BCUT2D eigenvalue weighted by Crippen LogP contribution is -2.34. The molecule has 0 aliphatic heterocycles. The van der Waals surface area contributed by atoms with E-state index in [1.165, 1.54) is 16.9 Å². The predicted octanol–water partition coefficient (Wildman–Crippen LogP) is 4.17. The van der Waals surface area contributed by atoms with Crippen LogP contribution in [0.15, 0.2) is 72.4 Å². The van der Waals surface area contributed by atoms with Gasteiger partial charge in [0.2, 0.25) is 0 Å². The maximum atomic E-state index is 12.6. The Labute approximate surface area is 196 Å². The van der Waals surface area contributed by atoms with Crippen molar-refractivity contribution >= 4 is 23.2 Å². The Balaban J connectivity index is 1.39. The minimum atomic E-state index is -0.633. The zero-order valence-electron chi connectivity index (χ0n) is 18.4. The lowest BCUT2D eigenvalue weighted by atomic mass is 10.1. The number of carbonyl (C=O) groups excluding carboxylic acids is 2. The summed E-state index contributed by atoms with van der Waals surface area (Å²) in [4.78, 5) is 33.8. The van der Waals surface area contributed by atoms with Crippen LogP contribution in [0.4, 0.5) is 0 Å². The Morgan fingerprint density at radius 1 is 1.12 bits per heavy atom. The van der Waals surface area contributed by atoms with Gasteiger partial charge in [0.05, 0.1) is 0 Å². The van der Waals surface area contributed by atoms with Crippen LogP contribution in [0.1, 0.15) is 40.4 Å². The number of amides is 1. The van der Waals surface area contributed by atoms with E-state index in [9.17, 15) is 9.59 Å². The molecule has 1 N–H and O–H groups in total. The number of ether oxygens (including phenoxy) is 1. The average Bonchev–Trinajstić information content (AvgIpc) is 3.51. The van der Waals surface area contributed by atoms with Crippen LogP contribution in [-0.2, 0) is 23.0 Å². The number of benzene rings is 2. The lowest BCUT2D eigenvalue weighted by molar-refractivity contribution is -0.124. The highest BCUT2D eigenvalue weighted by Crippen LogP contribution is 2.25. The molecule has 0 fully saturated rings. The first kappa shape index (κ1) is 22.4. The summed E-state index contributed by atoms with van der Waals surface area (Å²) < 4.78 is 7.07. The molecule has 4 aromatic rings. The van der Waals surface area contributed by atoms with E-state index in [4.69, 9.17) is 4.74 Å². The van der Waals surface area contributed by atoms with Gasteiger partial charge in [0, 0.05) is 30.4 Å². The number of nitrogens with zero attached hydrogens (tertiary/aromatic N) is 3. The number of aryl methyl sites for hydroxylation is 2. The molecular weight excluding hydrogens is 436 g/mol. The summed E-state index contributed by atoms with van der Waals surface area (Å²) in [6, 6.07) is 17.1. The molecule has 33 heavy (non-hydrogen) atoms. The van der Waals surface area contributed by atoms with Crippen molar-refractivity contribution in [3.8, 4) is 10.6 Å². The molecule has 1 atom stereocenters. The molecule has 4 rings (SSSR count). The van der Waals surface area contributed by atoms with Crippen LogP contribution >= 0.6 is 11.3 Å². The predicted molar refractivity (Wildman–Crippen MR) is 127 cm³/mol. The Bertz CT molecular complexity index is 1230. The van der Waals surface area contributed by atoms with Crippen molar-refractivity contribution in [2.75, 3.05) is 6.61 Å². The van der Waals surface area contributed by atoms with Crippen LogP contribution in [0, 0.1) is 0 Å². The molecule has 0 bridgehead atoms. The van der Waals surface area contributed by atoms with Gasteiger partial charge >= 0.3 is 5.97 Å². The van der Waals surface area contributed by atoms with Gasteiger partial charge in [-0.2, -0.15) is 0 Å². The Kier molecular flexibility index (Phi) is 6.95. The summed E-state index contributed by atoms with van der Waals surface area (Å²) in [5.41, 5.74) is 3.24. The molecule has 0 spiro atoms. The molecule has 0 aliphatic rings. The number of hydrogen-bond donors (Lipinski definition) is 1. The zero-order valence-corrected chi connectivity index (χ0v) is 19.2. The van der Waals surface area contributed by atoms with Crippen LogP contribution in [0.3, 0.4) is 0 Å². The molecular formula is C25H24N4O3S. The summed E-state index contributed by atoms with van der Waals surface area (Å²) >= 11 is 1.36. The number of thiazole rings is 1. The third-order valence-electron chi connectivity index (χ3n) is 5.21. The number of esters is 1. The second kappa shape index (κ2) is 10.2. The van der Waals surface area contributed by atoms with E-state index >= 15 is 0 Å². The molecule has 0 radical (unpaired) electrons. The number of hydrogen-bond acceptors (Lipinski definition) is 6. The number of aromatic nitrogens is 3. The molecule has 8 heteroatoms. The fourth-order valence-corrected chi connectivity index (χ4v) is 4.18. The Hall–Kier alpha value is -3.78. The molecule has 0 aliphatic carbocycles. The highest BCUT2D eigenvalue weighted by Gasteiger charge is 2.22. The second-order valence-corrected chi connectivity index (χ2v) is 8.33. The van der Waals surface area contributed by atoms with Crippen molar-refractivity contribution in [2.24, 2.45) is 7.05 Å². The standard InChI is InChI=1S/C25H24N4O3S/c1-3-17-9-11-19(12-10-17)24-27-20(16-33-24)25(31)32-15-21(30)28-22(18-7-5-4-6-8-18)23-26-13-14-29(23)2/h4-14,16,22H,3,15H2,1-2H3,(H,28,30)/t22-/m1/s1. The van der Waals surface area contributed by atoms with Crippen LogP contribution < -0.4 is 5.32 Å². The van der Waals surface area contributed by atoms with E-state index in [2.05, 4.69) is 22.2 Å². The lowest BCUT2D eigenvalue weighted by Gasteiger charge is -2.19. The minimum Gasteiger partial charge on any atom is -0.451 e. The average molecular weight is 461 g/mol. The second-order valence-electron chi connectivity index (χ2n) is 7.47. The number of nitrogens with one attached hydrogen (secondary N) is 1. The van der Waals surface area contributed by atoms with Crippen molar-refractivity contribution in [1.29, 1.82) is 0 Å². The first-order valence-corrected chi connectivity index (χ1v) is 11.5. The van der Waals surface area contributed by atoms with Crippen LogP contribution in [-0.4, -0.2) is 33.0 Å². The Morgan fingerprint density at radius 2 is 1.88 bits per heavy atom. The van der Waals surface area contributed by atoms with Gasteiger partial charge in [0.25, 0.3) is 5.91 Å². The maximum absolute atomic E-state index is 12.6. The zero-order chi connectivity index (χ0) is 23.2. The number of imidazole rings is 1. The quantitative estimate of drug-likeness (QED) is 0.399. The van der Waals surface area contributed by atoms with Gasteiger partial charge in [0.1, 0.15) is 16.9 Å². The topological polar surface area (TPSA) is 86.1 Å². The Morgan fingerprint density at radius 3 is 2.55 bits per heavy atom. The van der Waals surface area contributed by atoms with Gasteiger partial charge in [-0.3, -0.25) is 4.79 Å². The van der Waals surface area contributed by atoms with Crippen LogP contribution in [0.2, 0.25) is 0 Å². The molecule has 7 nitrogen and oxygen atoms in total. The fourth-order valence-electron chi connectivity index (χ4n) is 3.39. The van der Waals surface area contributed by atoms with Gasteiger partial charge < -0.3 is 14.6 Å². The summed E-state index contributed by atoms with van der Waals surface area (Å²) in [6.45, 7) is 1.69. The van der Waals surface area contributed by atoms with Crippen LogP contribution in [0.5, 0.6) is 0 Å². The van der Waals surface area contributed by atoms with E-state index in [-0.39, 0.29) is 5.69 Å². The SMILES string of the molecule is CCc1ccc(-c2nc(C(=O)OCC(=O)N[C@H](c3ccccc3)c3nccn3C)cs2)cc1. The fraction of sp³-hybridized carbons (Fsp3) is 0.200. The molecule has 1 amide bonds. The van der Waals surface area contributed by atoms with Gasteiger partial charge in [-0.25, -0.2) is 14.8 Å². The van der Waals surface area contributed by atoms with Gasteiger partial charge in [-0.05, 0) is 17.5 Å². The van der Waals surface area contributed by atoms with Gasteiger partial charge in [-0.15, -0.1) is 11.3 Å². The monoisotopic (exact) mass is 460 g/mol. The van der Waals surface area contributed by atoms with E-state index in [1.807, 2.05) is 72.4 Å². The highest BCUT2D eigenvalue weighted by atomic mass is 32.1. The van der Waals surface area contributed by atoms with E-state index in [1.54, 1.807) is 11.6 Å². The van der Waals surface area contributed by atoms with E-state index in [0.29, 0.717) is 5.82 Å². The number of rotatable bonds is 8. The third-order valence-corrected chi connectivity index (χ3v) is 6.10. The summed E-state index contributed by atoms with van der Waals surface area (Å²) in [5, 5.41) is 5.28. The van der Waals surface area contributed by atoms with Crippen molar-refractivity contribution in [3.63, 3.8) is 0 Å². The van der Waals surface area contributed by atoms with Crippen LogP contribution in [0.25, 0.3) is 10.6 Å². The van der Waals surface area contributed by atoms with Gasteiger partial charge in [0.15, 0.2) is 12.3 Å². The maximum Gasteiger partial charge on any atom is 0.358 e. The first-order valence-electron chi connectivity index (χ1n) is 10.6. The van der Waals surface area contributed by atoms with Gasteiger partial charge in [-0.1, -0.05) is 61.5 Å². The van der Waals surface area contributed by atoms with E-state index < -0.39 is 24.5 Å². The molecule has 168 valence electrons. The number of carbonyl (C=O) groups is 2. The van der Waals surface area contributed by atoms with E-state index in [0.717, 1.165) is 22.6 Å². The molecule has 2 aromatic heterocycles. The smallest absolute Gasteiger partial charge is 0.358 e. The molecule has 0 unspecified atom stereocenters. The largest absolute Gasteiger partial charge is 0.451 e. The molecule has 0 saturated heterocycles. The van der Waals surface area contributed by atoms with Crippen molar-refractivity contribution in [2.45, 2.75) is 19.4 Å². The highest BCUT2D eigenvalue weighted by molar-refractivity contribution is 7.13. The third kappa shape index (κ3) is 5.35. The first-order chi connectivity index (χ1) is 16.0. The molecule has 2 aromatic carbocycles. The summed E-state index contributed by atoms with van der Waals surface area (Å²) in [6.07, 6.45) is 4.45.